The minimum atomic E-state index is -4.70. The molecule has 3 nitrogen and oxygen atoms in total. The van der Waals surface area contributed by atoms with Crippen molar-refractivity contribution in [2.45, 2.75) is 13.8 Å². The zero-order valence-electron chi connectivity index (χ0n) is 8.78. The standard InChI is InChI=1S/C11H6ClF3N2O.CH4/c12-10-6-16-5-9(17-10)7-1-3-8(4-2-7)18-11(13,14)15;/h1-6H;1H4. The Bertz CT molecular complexity index is 543. The molecular weight excluding hydrogens is 281 g/mol. The van der Waals surface area contributed by atoms with Crippen LogP contribution in [0.5, 0.6) is 5.75 Å². The number of hydrogen-bond acceptors (Lipinski definition) is 3. The van der Waals surface area contributed by atoms with Crippen LogP contribution in [0.4, 0.5) is 13.2 Å². The number of alkyl halides is 3. The van der Waals surface area contributed by atoms with Gasteiger partial charge in [-0.1, -0.05) is 19.0 Å². The molecule has 0 spiro atoms. The van der Waals surface area contributed by atoms with Crippen LogP contribution < -0.4 is 4.74 Å². The molecular formula is C12H10ClF3N2O. The maximum Gasteiger partial charge on any atom is 0.573 e. The first-order valence-electron chi connectivity index (χ1n) is 4.78. The molecule has 1 aromatic heterocycles. The molecule has 2 aromatic rings. The first kappa shape index (κ1) is 15.2. The second-order valence-corrected chi connectivity index (χ2v) is 3.69. The van der Waals surface area contributed by atoms with Crippen molar-refractivity contribution in [3.63, 3.8) is 0 Å². The van der Waals surface area contributed by atoms with Gasteiger partial charge >= 0.3 is 6.36 Å². The number of rotatable bonds is 2. The van der Waals surface area contributed by atoms with Crippen molar-refractivity contribution >= 4 is 11.6 Å². The summed E-state index contributed by atoms with van der Waals surface area (Å²) in [7, 11) is 0. The van der Waals surface area contributed by atoms with E-state index < -0.39 is 6.36 Å². The van der Waals surface area contributed by atoms with Gasteiger partial charge in [0.05, 0.1) is 18.1 Å². The van der Waals surface area contributed by atoms with Crippen molar-refractivity contribution in [3.8, 4) is 17.0 Å². The van der Waals surface area contributed by atoms with Crippen LogP contribution in [-0.2, 0) is 0 Å². The Labute approximate surface area is 113 Å². The Morgan fingerprint density at radius 3 is 2.21 bits per heavy atom. The zero-order valence-corrected chi connectivity index (χ0v) is 9.53. The molecule has 0 saturated heterocycles. The maximum atomic E-state index is 12.0. The van der Waals surface area contributed by atoms with Gasteiger partial charge < -0.3 is 4.74 Å². The molecule has 19 heavy (non-hydrogen) atoms. The third-order valence-corrected chi connectivity index (χ3v) is 2.17. The van der Waals surface area contributed by atoms with E-state index in [4.69, 9.17) is 11.6 Å². The van der Waals surface area contributed by atoms with Crippen molar-refractivity contribution in [3.05, 3.63) is 41.8 Å². The number of hydrogen-bond donors (Lipinski definition) is 0. The lowest BCUT2D eigenvalue weighted by molar-refractivity contribution is -0.274. The first-order valence-corrected chi connectivity index (χ1v) is 5.15. The molecule has 1 aromatic carbocycles. The lowest BCUT2D eigenvalue weighted by Gasteiger charge is -2.09. The normalized spacial score (nSPS) is 10.7. The van der Waals surface area contributed by atoms with E-state index in [2.05, 4.69) is 14.7 Å². The van der Waals surface area contributed by atoms with Gasteiger partial charge in [-0.05, 0) is 24.3 Å². The summed E-state index contributed by atoms with van der Waals surface area (Å²) in [5.74, 6) is -0.291. The monoisotopic (exact) mass is 290 g/mol. The van der Waals surface area contributed by atoms with E-state index in [9.17, 15) is 13.2 Å². The summed E-state index contributed by atoms with van der Waals surface area (Å²) in [6.45, 7) is 0. The maximum absolute atomic E-state index is 12.0. The van der Waals surface area contributed by atoms with E-state index in [-0.39, 0.29) is 18.3 Å². The Morgan fingerprint density at radius 1 is 1.05 bits per heavy atom. The van der Waals surface area contributed by atoms with E-state index in [0.29, 0.717) is 11.3 Å². The number of benzene rings is 1. The van der Waals surface area contributed by atoms with Crippen LogP contribution >= 0.6 is 11.6 Å². The molecule has 0 unspecified atom stereocenters. The molecule has 0 N–H and O–H groups in total. The predicted molar refractivity (Wildman–Crippen MR) is 65.9 cm³/mol. The summed E-state index contributed by atoms with van der Waals surface area (Å²) in [6, 6.07) is 5.29. The molecule has 1 heterocycles. The molecule has 0 saturated carbocycles. The van der Waals surface area contributed by atoms with Crippen LogP contribution in [0, 0.1) is 0 Å². The number of ether oxygens (including phenoxy) is 1. The van der Waals surface area contributed by atoms with Gasteiger partial charge in [-0.25, -0.2) is 4.98 Å². The first-order chi connectivity index (χ1) is 8.44. The van der Waals surface area contributed by atoms with E-state index in [1.54, 1.807) is 0 Å². The van der Waals surface area contributed by atoms with Gasteiger partial charge in [-0.15, -0.1) is 13.2 Å². The summed E-state index contributed by atoms with van der Waals surface area (Å²) < 4.78 is 39.6. The van der Waals surface area contributed by atoms with E-state index in [0.717, 1.165) is 0 Å². The van der Waals surface area contributed by atoms with Gasteiger partial charge in [0.15, 0.2) is 0 Å². The number of halogens is 4. The molecule has 0 aliphatic heterocycles. The SMILES string of the molecule is C.FC(F)(F)Oc1ccc(-c2cncc(Cl)n2)cc1. The highest BCUT2D eigenvalue weighted by Gasteiger charge is 2.30. The predicted octanol–water partition coefficient (Wildman–Crippen LogP) is 4.33. The van der Waals surface area contributed by atoms with Gasteiger partial charge in [0.1, 0.15) is 10.9 Å². The smallest absolute Gasteiger partial charge is 0.406 e. The zero-order chi connectivity index (χ0) is 13.2. The van der Waals surface area contributed by atoms with Crippen molar-refractivity contribution < 1.29 is 17.9 Å². The van der Waals surface area contributed by atoms with Crippen LogP contribution in [0.1, 0.15) is 7.43 Å². The minimum Gasteiger partial charge on any atom is -0.406 e. The molecule has 7 heteroatoms. The molecule has 0 aliphatic carbocycles. The van der Waals surface area contributed by atoms with E-state index >= 15 is 0 Å². The minimum absolute atomic E-state index is 0. The summed E-state index contributed by atoms with van der Waals surface area (Å²) in [4.78, 5) is 7.82. The summed E-state index contributed by atoms with van der Waals surface area (Å²) in [5.41, 5.74) is 1.07. The Balaban J connectivity index is 0.00000180. The van der Waals surface area contributed by atoms with Gasteiger partial charge in [-0.3, -0.25) is 4.98 Å². The van der Waals surface area contributed by atoms with Crippen molar-refractivity contribution in [2.75, 3.05) is 0 Å². The fourth-order valence-electron chi connectivity index (χ4n) is 1.31. The largest absolute Gasteiger partial charge is 0.573 e. The van der Waals surface area contributed by atoms with Crippen LogP contribution in [0.2, 0.25) is 5.15 Å². The lowest BCUT2D eigenvalue weighted by atomic mass is 10.1. The molecule has 102 valence electrons. The Morgan fingerprint density at radius 2 is 1.68 bits per heavy atom. The summed E-state index contributed by atoms with van der Waals surface area (Å²) >= 11 is 5.67. The van der Waals surface area contributed by atoms with Crippen molar-refractivity contribution in [1.82, 2.24) is 9.97 Å². The Kier molecular flexibility index (Phi) is 4.72. The van der Waals surface area contributed by atoms with E-state index in [1.807, 2.05) is 0 Å². The van der Waals surface area contributed by atoms with Crippen LogP contribution in [0.25, 0.3) is 11.3 Å². The highest BCUT2D eigenvalue weighted by atomic mass is 35.5. The van der Waals surface area contributed by atoms with Crippen LogP contribution in [0.3, 0.4) is 0 Å². The molecule has 0 radical (unpaired) electrons. The second kappa shape index (κ2) is 5.88. The molecule has 0 bridgehead atoms. The van der Waals surface area contributed by atoms with Crippen LogP contribution in [0.15, 0.2) is 36.7 Å². The molecule has 0 amide bonds. The van der Waals surface area contributed by atoms with Gasteiger partial charge in [0.25, 0.3) is 0 Å². The average Bonchev–Trinajstić information content (AvgIpc) is 2.28. The fourth-order valence-corrected chi connectivity index (χ4v) is 1.46. The second-order valence-electron chi connectivity index (χ2n) is 3.30. The molecule has 0 aliphatic rings. The molecule has 0 atom stereocenters. The lowest BCUT2D eigenvalue weighted by Crippen LogP contribution is -2.16. The fraction of sp³-hybridized carbons (Fsp3) is 0.167. The third-order valence-electron chi connectivity index (χ3n) is 1.99. The highest BCUT2D eigenvalue weighted by Crippen LogP contribution is 2.25. The molecule has 0 fully saturated rings. The summed E-state index contributed by atoms with van der Waals surface area (Å²) in [5, 5.41) is 0.211. The van der Waals surface area contributed by atoms with Crippen molar-refractivity contribution in [1.29, 1.82) is 0 Å². The quantitative estimate of drug-likeness (QED) is 0.825. The Hall–Kier alpha value is -1.82. The highest BCUT2D eigenvalue weighted by molar-refractivity contribution is 6.29. The van der Waals surface area contributed by atoms with Crippen LogP contribution in [-0.4, -0.2) is 16.3 Å². The topological polar surface area (TPSA) is 35.0 Å². The molecule has 2 rings (SSSR count). The number of nitrogens with zero attached hydrogens (tertiary/aromatic N) is 2. The average molecular weight is 291 g/mol. The van der Waals surface area contributed by atoms with Crippen molar-refractivity contribution in [2.24, 2.45) is 0 Å². The summed E-state index contributed by atoms with van der Waals surface area (Å²) in [6.07, 6.45) is -1.87. The van der Waals surface area contributed by atoms with Gasteiger partial charge in [0.2, 0.25) is 0 Å². The van der Waals surface area contributed by atoms with E-state index in [1.165, 1.54) is 36.7 Å². The third kappa shape index (κ3) is 4.40. The number of aromatic nitrogens is 2. The van der Waals surface area contributed by atoms with Gasteiger partial charge in [0, 0.05) is 5.56 Å². The van der Waals surface area contributed by atoms with Gasteiger partial charge in [-0.2, -0.15) is 0 Å².